The zero-order valence-corrected chi connectivity index (χ0v) is 11.7. The largest absolute Gasteiger partial charge is 0.389 e. The first-order chi connectivity index (χ1) is 8.90. The molecule has 0 fully saturated rings. The van der Waals surface area contributed by atoms with Gasteiger partial charge in [-0.3, -0.25) is 9.40 Å². The van der Waals surface area contributed by atoms with Gasteiger partial charge in [0.1, 0.15) is 4.99 Å². The molecule has 3 N–H and O–H groups in total. The van der Waals surface area contributed by atoms with Crippen molar-refractivity contribution in [2.45, 2.75) is 5.03 Å². The second-order valence-corrected chi connectivity index (χ2v) is 5.91. The zero-order valence-electron chi connectivity index (χ0n) is 10.1. The van der Waals surface area contributed by atoms with Gasteiger partial charge in [-0.1, -0.05) is 24.4 Å². The Kier molecular flexibility index (Phi) is 3.54. The summed E-state index contributed by atoms with van der Waals surface area (Å²) in [5.41, 5.74) is 6.50. The molecule has 2 aromatic rings. The van der Waals surface area contributed by atoms with Crippen molar-refractivity contribution in [3.8, 4) is 0 Å². The number of nitrogens with zero attached hydrogens (tertiary/aromatic N) is 2. The number of nitrogens with two attached hydrogens (primary N) is 1. The van der Waals surface area contributed by atoms with Crippen molar-refractivity contribution in [1.82, 2.24) is 9.78 Å². The van der Waals surface area contributed by atoms with Gasteiger partial charge in [0.05, 0.1) is 6.20 Å². The smallest absolute Gasteiger partial charge is 0.279 e. The number of nitrogens with one attached hydrogen (secondary N) is 1. The van der Waals surface area contributed by atoms with Crippen LogP contribution in [-0.2, 0) is 17.1 Å². The summed E-state index contributed by atoms with van der Waals surface area (Å²) < 4.78 is 28.0. The van der Waals surface area contributed by atoms with Crippen LogP contribution in [0.4, 0.5) is 5.69 Å². The van der Waals surface area contributed by atoms with E-state index in [4.69, 9.17) is 18.0 Å². The van der Waals surface area contributed by atoms with E-state index in [1.807, 2.05) is 0 Å². The number of sulfonamides is 1. The Morgan fingerprint density at radius 2 is 2.16 bits per heavy atom. The summed E-state index contributed by atoms with van der Waals surface area (Å²) >= 11 is 4.85. The molecular formula is C11H12N4O2S2. The Bertz CT molecular complexity index is 722. The fourth-order valence-electron chi connectivity index (χ4n) is 1.57. The van der Waals surface area contributed by atoms with Gasteiger partial charge in [0.25, 0.3) is 10.0 Å². The molecule has 0 atom stereocenters. The van der Waals surface area contributed by atoms with E-state index in [1.54, 1.807) is 31.3 Å². The van der Waals surface area contributed by atoms with Crippen molar-refractivity contribution >= 4 is 32.9 Å². The normalized spacial score (nSPS) is 11.2. The third kappa shape index (κ3) is 2.91. The number of aryl methyl sites for hydroxylation is 1. The van der Waals surface area contributed by atoms with Crippen LogP contribution in [0.25, 0.3) is 0 Å². The van der Waals surface area contributed by atoms with E-state index in [1.165, 1.54) is 16.9 Å². The lowest BCUT2D eigenvalue weighted by molar-refractivity contribution is 0.582. The summed E-state index contributed by atoms with van der Waals surface area (Å²) in [5.74, 6) is 0. The van der Waals surface area contributed by atoms with E-state index in [2.05, 4.69) is 9.82 Å². The number of thiocarbonyl (C=S) groups is 1. The summed E-state index contributed by atoms with van der Waals surface area (Å²) in [5, 5.41) is 3.90. The highest BCUT2D eigenvalue weighted by Gasteiger charge is 2.18. The molecule has 0 aliphatic heterocycles. The van der Waals surface area contributed by atoms with Gasteiger partial charge in [0, 0.05) is 18.3 Å². The minimum Gasteiger partial charge on any atom is -0.389 e. The summed E-state index contributed by atoms with van der Waals surface area (Å²) in [6.07, 6.45) is 1.42. The predicted octanol–water partition coefficient (Wildman–Crippen LogP) is 0.855. The van der Waals surface area contributed by atoms with Gasteiger partial charge < -0.3 is 5.73 Å². The monoisotopic (exact) mass is 296 g/mol. The van der Waals surface area contributed by atoms with Crippen molar-refractivity contribution in [2.24, 2.45) is 12.8 Å². The number of benzene rings is 1. The second kappa shape index (κ2) is 4.98. The van der Waals surface area contributed by atoms with E-state index in [-0.39, 0.29) is 10.0 Å². The summed E-state index contributed by atoms with van der Waals surface area (Å²) in [7, 11) is -2.12. The number of aromatic nitrogens is 2. The lowest BCUT2D eigenvalue weighted by Gasteiger charge is -2.09. The van der Waals surface area contributed by atoms with Crippen molar-refractivity contribution in [3.05, 3.63) is 42.1 Å². The molecule has 1 aromatic carbocycles. The van der Waals surface area contributed by atoms with Crippen LogP contribution in [-0.4, -0.2) is 23.2 Å². The summed E-state index contributed by atoms with van der Waals surface area (Å²) in [4.78, 5) is 0.210. The Hall–Kier alpha value is -1.93. The van der Waals surface area contributed by atoms with Crippen LogP contribution in [0, 0.1) is 0 Å². The van der Waals surface area contributed by atoms with Crippen LogP contribution in [0.1, 0.15) is 5.56 Å². The first-order valence-corrected chi connectivity index (χ1v) is 7.20. The molecule has 100 valence electrons. The number of hydrogen-bond acceptors (Lipinski definition) is 4. The van der Waals surface area contributed by atoms with Crippen LogP contribution in [0.15, 0.2) is 41.6 Å². The maximum absolute atomic E-state index is 12.1. The van der Waals surface area contributed by atoms with Gasteiger partial charge in [0.15, 0.2) is 5.03 Å². The SMILES string of the molecule is Cn1nccc1S(=O)(=O)Nc1cccc(C(N)=S)c1. The van der Waals surface area contributed by atoms with E-state index >= 15 is 0 Å². The maximum atomic E-state index is 12.1. The topological polar surface area (TPSA) is 90.0 Å². The van der Waals surface area contributed by atoms with E-state index in [0.717, 1.165) is 0 Å². The molecule has 0 aliphatic rings. The second-order valence-electron chi connectivity index (χ2n) is 3.84. The fourth-order valence-corrected chi connectivity index (χ4v) is 2.87. The van der Waals surface area contributed by atoms with E-state index in [0.29, 0.717) is 11.3 Å². The molecule has 0 spiro atoms. The van der Waals surface area contributed by atoms with Gasteiger partial charge in [-0.2, -0.15) is 13.5 Å². The molecule has 0 bridgehead atoms. The Balaban J connectivity index is 2.34. The molecule has 6 nitrogen and oxygen atoms in total. The lowest BCUT2D eigenvalue weighted by atomic mass is 10.2. The highest BCUT2D eigenvalue weighted by atomic mass is 32.2. The highest BCUT2D eigenvalue weighted by molar-refractivity contribution is 7.92. The molecule has 19 heavy (non-hydrogen) atoms. The van der Waals surface area contributed by atoms with Crippen LogP contribution < -0.4 is 10.5 Å². The van der Waals surface area contributed by atoms with Crippen molar-refractivity contribution in [3.63, 3.8) is 0 Å². The number of anilines is 1. The first kappa shape index (κ1) is 13.5. The minimum atomic E-state index is -3.68. The average molecular weight is 296 g/mol. The zero-order chi connectivity index (χ0) is 14.0. The van der Waals surface area contributed by atoms with Crippen LogP contribution >= 0.6 is 12.2 Å². The Morgan fingerprint density at radius 1 is 1.42 bits per heavy atom. The maximum Gasteiger partial charge on any atom is 0.279 e. The van der Waals surface area contributed by atoms with Gasteiger partial charge in [-0.15, -0.1) is 0 Å². The summed E-state index contributed by atoms with van der Waals surface area (Å²) in [6, 6.07) is 8.01. The van der Waals surface area contributed by atoms with E-state index in [9.17, 15) is 8.42 Å². The van der Waals surface area contributed by atoms with Gasteiger partial charge in [-0.05, 0) is 18.2 Å². The predicted molar refractivity (Wildman–Crippen MR) is 76.3 cm³/mol. The molecule has 0 aliphatic carbocycles. The third-order valence-corrected chi connectivity index (χ3v) is 4.14. The molecule has 0 unspecified atom stereocenters. The summed E-state index contributed by atoms with van der Waals surface area (Å²) in [6.45, 7) is 0. The van der Waals surface area contributed by atoms with Gasteiger partial charge in [0.2, 0.25) is 0 Å². The average Bonchev–Trinajstić information content (AvgIpc) is 2.76. The Morgan fingerprint density at radius 3 is 2.74 bits per heavy atom. The molecule has 1 heterocycles. The third-order valence-electron chi connectivity index (χ3n) is 2.45. The molecule has 0 amide bonds. The highest BCUT2D eigenvalue weighted by Crippen LogP contribution is 2.16. The molecule has 1 aromatic heterocycles. The molecule has 2 rings (SSSR count). The molecule has 0 radical (unpaired) electrons. The van der Waals surface area contributed by atoms with Crippen LogP contribution in [0.5, 0.6) is 0 Å². The quantitative estimate of drug-likeness (QED) is 0.817. The van der Waals surface area contributed by atoms with Crippen molar-refractivity contribution < 1.29 is 8.42 Å². The molecular weight excluding hydrogens is 284 g/mol. The van der Waals surface area contributed by atoms with Crippen molar-refractivity contribution in [1.29, 1.82) is 0 Å². The van der Waals surface area contributed by atoms with Crippen LogP contribution in [0.3, 0.4) is 0 Å². The standard InChI is InChI=1S/C11H12N4O2S2/c1-15-10(5-6-13-15)19(16,17)14-9-4-2-3-8(7-9)11(12)18/h2-7,14H,1H3,(H2,12,18). The number of rotatable bonds is 4. The fraction of sp³-hybridized carbons (Fsp3) is 0.0909. The number of hydrogen-bond donors (Lipinski definition) is 2. The minimum absolute atomic E-state index is 0.0771. The van der Waals surface area contributed by atoms with E-state index < -0.39 is 10.0 Å². The lowest BCUT2D eigenvalue weighted by Crippen LogP contribution is -2.17. The van der Waals surface area contributed by atoms with Gasteiger partial charge in [-0.25, -0.2) is 0 Å². The van der Waals surface area contributed by atoms with Crippen molar-refractivity contribution in [2.75, 3.05) is 4.72 Å². The first-order valence-electron chi connectivity index (χ1n) is 5.31. The molecule has 0 saturated carbocycles. The molecule has 0 saturated heterocycles. The van der Waals surface area contributed by atoms with Crippen LogP contribution in [0.2, 0.25) is 0 Å². The molecule has 8 heteroatoms. The Labute approximate surface area is 116 Å². The van der Waals surface area contributed by atoms with Gasteiger partial charge >= 0.3 is 0 Å².